The van der Waals surface area contributed by atoms with E-state index in [2.05, 4.69) is 10.4 Å². The molecule has 1 aromatic carbocycles. The first-order valence-electron chi connectivity index (χ1n) is 7.36. The van der Waals surface area contributed by atoms with Gasteiger partial charge in [-0.2, -0.15) is 0 Å². The van der Waals surface area contributed by atoms with Crippen LogP contribution in [0.3, 0.4) is 0 Å². The second kappa shape index (κ2) is 8.18. The highest BCUT2D eigenvalue weighted by Crippen LogP contribution is 2.28. The second-order valence-corrected chi connectivity index (χ2v) is 8.73. The van der Waals surface area contributed by atoms with Crippen molar-refractivity contribution >= 4 is 52.8 Å². The Hall–Kier alpha value is -1.61. The number of carbonyl (C=O) groups is 1. The van der Waals surface area contributed by atoms with E-state index in [1.807, 2.05) is 25.1 Å². The quantitative estimate of drug-likeness (QED) is 0.470. The fourth-order valence-corrected chi connectivity index (χ4v) is 4.65. The lowest BCUT2D eigenvalue weighted by Crippen LogP contribution is -2.30. The molecule has 0 radical (unpaired) electrons. The average Bonchev–Trinajstić information content (AvgIpc) is 3.23. The lowest BCUT2D eigenvalue weighted by Gasteiger charge is -2.09. The van der Waals surface area contributed by atoms with E-state index < -0.39 is 0 Å². The van der Waals surface area contributed by atoms with Gasteiger partial charge in [-0.25, -0.2) is 4.68 Å². The molecule has 2 heterocycles. The highest BCUT2D eigenvalue weighted by atomic mass is 35.5. The van der Waals surface area contributed by atoms with Crippen LogP contribution in [0, 0.1) is 3.95 Å². The molecule has 1 unspecified atom stereocenters. The van der Waals surface area contributed by atoms with Gasteiger partial charge < -0.3 is 9.73 Å². The summed E-state index contributed by atoms with van der Waals surface area (Å²) in [6.45, 7) is 2.20. The maximum Gasteiger partial charge on any atom is 0.233 e. The third-order valence-electron chi connectivity index (χ3n) is 3.26. The third kappa shape index (κ3) is 4.72. The van der Waals surface area contributed by atoms with Gasteiger partial charge in [0.25, 0.3) is 0 Å². The molecule has 9 heteroatoms. The Balaban J connectivity index is 1.64. The van der Waals surface area contributed by atoms with Gasteiger partial charge in [-0.1, -0.05) is 34.7 Å². The molecule has 0 spiro atoms. The molecule has 0 aliphatic carbocycles. The fourth-order valence-electron chi connectivity index (χ4n) is 1.99. The van der Waals surface area contributed by atoms with E-state index in [-0.39, 0.29) is 11.2 Å². The Kier molecular flexibility index (Phi) is 5.95. The summed E-state index contributed by atoms with van der Waals surface area (Å²) in [7, 11) is 0. The molecule has 3 aromatic rings. The molecule has 0 bridgehead atoms. The largest absolute Gasteiger partial charge is 0.467 e. The van der Waals surface area contributed by atoms with E-state index in [1.54, 1.807) is 29.1 Å². The molecule has 0 saturated heterocycles. The summed E-state index contributed by atoms with van der Waals surface area (Å²) < 4.78 is 8.23. The molecule has 1 amide bonds. The number of nitrogens with zero attached hydrogens (tertiary/aromatic N) is 2. The van der Waals surface area contributed by atoms with Gasteiger partial charge in [0.05, 0.1) is 23.7 Å². The number of carbonyl (C=O) groups excluding carboxylic acids is 1. The van der Waals surface area contributed by atoms with Crippen molar-refractivity contribution in [2.45, 2.75) is 23.1 Å². The van der Waals surface area contributed by atoms with Gasteiger partial charge in [-0.15, -0.1) is 5.10 Å². The summed E-state index contributed by atoms with van der Waals surface area (Å²) in [4.78, 5) is 12.2. The van der Waals surface area contributed by atoms with Gasteiger partial charge in [0, 0.05) is 5.02 Å². The number of furan rings is 1. The zero-order chi connectivity index (χ0) is 17.8. The normalized spacial score (nSPS) is 12.1. The number of aromatic nitrogens is 2. The summed E-state index contributed by atoms with van der Waals surface area (Å²) in [6.07, 6.45) is 1.58. The number of halogens is 1. The molecule has 0 fully saturated rings. The number of benzene rings is 1. The van der Waals surface area contributed by atoms with Gasteiger partial charge in [0.1, 0.15) is 5.76 Å². The molecule has 2 aromatic heterocycles. The van der Waals surface area contributed by atoms with E-state index in [9.17, 15) is 4.79 Å². The Labute approximate surface area is 163 Å². The maximum atomic E-state index is 12.2. The predicted octanol–water partition coefficient (Wildman–Crippen LogP) is 4.71. The van der Waals surface area contributed by atoms with Crippen LogP contribution in [0.25, 0.3) is 5.69 Å². The van der Waals surface area contributed by atoms with Crippen LogP contribution in [0.5, 0.6) is 0 Å². The second-order valence-electron chi connectivity index (χ2n) is 5.08. The van der Waals surface area contributed by atoms with Gasteiger partial charge >= 0.3 is 0 Å². The van der Waals surface area contributed by atoms with Crippen LogP contribution in [0.2, 0.25) is 5.02 Å². The van der Waals surface area contributed by atoms with E-state index in [1.165, 1.54) is 23.1 Å². The molecule has 25 heavy (non-hydrogen) atoms. The Morgan fingerprint density at radius 2 is 2.20 bits per heavy atom. The van der Waals surface area contributed by atoms with Crippen molar-refractivity contribution in [2.75, 3.05) is 0 Å². The number of rotatable bonds is 6. The first kappa shape index (κ1) is 18.2. The van der Waals surface area contributed by atoms with Gasteiger partial charge in [-0.3, -0.25) is 4.79 Å². The number of hydrogen-bond acceptors (Lipinski definition) is 6. The van der Waals surface area contributed by atoms with Crippen molar-refractivity contribution in [3.05, 3.63) is 57.4 Å². The summed E-state index contributed by atoms with van der Waals surface area (Å²) in [5, 5.41) is 7.69. The van der Waals surface area contributed by atoms with Crippen molar-refractivity contribution in [1.29, 1.82) is 0 Å². The van der Waals surface area contributed by atoms with Crippen molar-refractivity contribution in [3.63, 3.8) is 0 Å². The topological polar surface area (TPSA) is 60.1 Å². The molecule has 5 nitrogen and oxygen atoms in total. The van der Waals surface area contributed by atoms with Gasteiger partial charge in [0.2, 0.25) is 5.91 Å². The highest BCUT2D eigenvalue weighted by Gasteiger charge is 2.17. The number of hydrogen-bond donors (Lipinski definition) is 1. The van der Waals surface area contributed by atoms with Gasteiger partial charge in [0.15, 0.2) is 8.29 Å². The Bertz CT molecular complexity index is 904. The number of thioether (sulfide) groups is 1. The minimum absolute atomic E-state index is 0.0828. The molecule has 0 aliphatic heterocycles. The van der Waals surface area contributed by atoms with Crippen LogP contribution >= 0.6 is 46.9 Å². The molecule has 1 N–H and O–H groups in total. The van der Waals surface area contributed by atoms with E-state index in [0.29, 0.717) is 21.3 Å². The molecular formula is C16H14ClN3O2S3. The van der Waals surface area contributed by atoms with Crippen LogP contribution in [0.1, 0.15) is 12.7 Å². The monoisotopic (exact) mass is 411 g/mol. The minimum atomic E-state index is -0.297. The summed E-state index contributed by atoms with van der Waals surface area (Å²) >= 11 is 14.0. The predicted molar refractivity (Wildman–Crippen MR) is 103 cm³/mol. The number of nitrogens with one attached hydrogen (secondary N) is 1. The van der Waals surface area contributed by atoms with E-state index in [4.69, 9.17) is 28.2 Å². The van der Waals surface area contributed by atoms with Crippen molar-refractivity contribution in [3.8, 4) is 5.69 Å². The lowest BCUT2D eigenvalue weighted by atomic mass is 10.3. The van der Waals surface area contributed by atoms with E-state index in [0.717, 1.165) is 10.0 Å². The first-order chi connectivity index (χ1) is 12.0. The molecule has 0 aliphatic rings. The molecule has 3 rings (SSSR count). The van der Waals surface area contributed by atoms with Crippen molar-refractivity contribution in [2.24, 2.45) is 0 Å². The summed E-state index contributed by atoms with van der Waals surface area (Å²) in [5.74, 6) is 0.633. The molecular weight excluding hydrogens is 398 g/mol. The lowest BCUT2D eigenvalue weighted by molar-refractivity contribution is -0.120. The number of amides is 1. The zero-order valence-corrected chi connectivity index (χ0v) is 16.3. The van der Waals surface area contributed by atoms with Crippen LogP contribution in [0.15, 0.2) is 51.4 Å². The molecule has 1 atom stereocenters. The van der Waals surface area contributed by atoms with Crippen LogP contribution in [-0.2, 0) is 11.3 Å². The standard InChI is InChI=1S/C16H14ClN3O2S3/c1-10(14(21)18-9-13-3-2-8-22-13)24-15-19-20(16(23)25-15)12-6-4-11(17)5-7-12/h2-8,10H,9H2,1H3,(H,18,21). The SMILES string of the molecule is CC(Sc1nn(-c2ccc(Cl)cc2)c(=S)s1)C(=O)NCc1ccco1. The Morgan fingerprint density at radius 1 is 1.44 bits per heavy atom. The minimum Gasteiger partial charge on any atom is -0.467 e. The third-order valence-corrected chi connectivity index (χ3v) is 5.93. The zero-order valence-electron chi connectivity index (χ0n) is 13.1. The summed E-state index contributed by atoms with van der Waals surface area (Å²) in [6, 6.07) is 10.9. The average molecular weight is 412 g/mol. The van der Waals surface area contributed by atoms with Crippen molar-refractivity contribution in [1.82, 2.24) is 15.1 Å². The highest BCUT2D eigenvalue weighted by molar-refractivity contribution is 8.02. The Morgan fingerprint density at radius 3 is 2.88 bits per heavy atom. The molecule has 0 saturated carbocycles. The van der Waals surface area contributed by atoms with Crippen LogP contribution < -0.4 is 5.32 Å². The molecule has 130 valence electrons. The van der Waals surface area contributed by atoms with Gasteiger partial charge in [-0.05, 0) is 55.5 Å². The fraction of sp³-hybridized carbons (Fsp3) is 0.188. The summed E-state index contributed by atoms with van der Waals surface area (Å²) in [5.41, 5.74) is 0.840. The van der Waals surface area contributed by atoms with Crippen LogP contribution in [0.4, 0.5) is 0 Å². The smallest absolute Gasteiger partial charge is 0.233 e. The maximum absolute atomic E-state index is 12.2. The van der Waals surface area contributed by atoms with Crippen molar-refractivity contribution < 1.29 is 9.21 Å². The van der Waals surface area contributed by atoms with E-state index >= 15 is 0 Å². The first-order valence-corrected chi connectivity index (χ1v) is 9.84. The van der Waals surface area contributed by atoms with Crippen LogP contribution in [-0.4, -0.2) is 20.9 Å².